The van der Waals surface area contributed by atoms with Crippen molar-refractivity contribution < 1.29 is 13.2 Å². The number of pyridine rings is 2. The van der Waals surface area contributed by atoms with Crippen molar-refractivity contribution in [1.29, 1.82) is 0 Å². The van der Waals surface area contributed by atoms with Crippen LogP contribution >= 0.6 is 0 Å². The van der Waals surface area contributed by atoms with Crippen LogP contribution < -0.4 is 9.64 Å². The molecule has 1 aliphatic rings. The molecule has 0 atom stereocenters. The molecule has 1 saturated heterocycles. The molecule has 1 fully saturated rings. The summed E-state index contributed by atoms with van der Waals surface area (Å²) in [5.74, 6) is 2.13. The number of aryl methyl sites for hydroxylation is 1. The van der Waals surface area contributed by atoms with Crippen LogP contribution in [0.2, 0.25) is 0 Å². The zero-order chi connectivity index (χ0) is 25.6. The van der Waals surface area contributed by atoms with Crippen LogP contribution in [0.25, 0.3) is 27.8 Å². The molecule has 4 aromatic heterocycles. The van der Waals surface area contributed by atoms with Crippen molar-refractivity contribution in [2.24, 2.45) is 0 Å². The van der Waals surface area contributed by atoms with Gasteiger partial charge in [0.2, 0.25) is 0 Å². The van der Waals surface area contributed by atoms with E-state index in [-0.39, 0.29) is 11.7 Å². The molecule has 0 aliphatic carbocycles. The first-order valence-electron chi connectivity index (χ1n) is 12.2. The highest BCUT2D eigenvalue weighted by Gasteiger charge is 2.25. The summed E-state index contributed by atoms with van der Waals surface area (Å²) < 4.78 is 30.4. The molecule has 192 valence electrons. The van der Waals surface area contributed by atoms with Gasteiger partial charge in [0.05, 0.1) is 30.3 Å². The van der Waals surface area contributed by atoms with Gasteiger partial charge in [0.15, 0.2) is 11.4 Å². The molecule has 11 heteroatoms. The highest BCUT2D eigenvalue weighted by molar-refractivity contribution is 7.90. The van der Waals surface area contributed by atoms with Gasteiger partial charge in [0.1, 0.15) is 22.0 Å². The number of aromatic amines is 1. The predicted octanol–water partition coefficient (Wildman–Crippen LogP) is 2.88. The minimum Gasteiger partial charge on any atom is -0.493 e. The molecular formula is C25H33N7O3S. The first-order valence-corrected chi connectivity index (χ1v) is 14.3. The lowest BCUT2D eigenvalue weighted by molar-refractivity contribution is 0.271. The lowest BCUT2D eigenvalue weighted by Gasteiger charge is -2.36. The van der Waals surface area contributed by atoms with Gasteiger partial charge in [-0.3, -0.25) is 4.90 Å². The van der Waals surface area contributed by atoms with E-state index < -0.39 is 9.84 Å². The number of hydrogen-bond acceptors (Lipinski definition) is 8. The summed E-state index contributed by atoms with van der Waals surface area (Å²) in [5.41, 5.74) is 6.07. The monoisotopic (exact) mass is 511 g/mol. The number of aromatic nitrogens is 5. The van der Waals surface area contributed by atoms with Gasteiger partial charge < -0.3 is 14.6 Å². The lowest BCUT2D eigenvalue weighted by atomic mass is 9.95. The molecule has 0 amide bonds. The molecule has 10 nitrogen and oxygen atoms in total. The summed E-state index contributed by atoms with van der Waals surface area (Å²) in [5, 5.41) is 5.52. The molecular weight excluding hydrogens is 478 g/mol. The molecule has 1 aliphatic heterocycles. The van der Waals surface area contributed by atoms with E-state index in [4.69, 9.17) is 9.72 Å². The Kier molecular flexibility index (Phi) is 6.37. The molecule has 0 aromatic carbocycles. The number of nitrogens with one attached hydrogen (secondary N) is 1. The van der Waals surface area contributed by atoms with Gasteiger partial charge in [0.25, 0.3) is 0 Å². The van der Waals surface area contributed by atoms with Crippen LogP contribution in [0, 0.1) is 6.92 Å². The Morgan fingerprint density at radius 1 is 1.17 bits per heavy atom. The van der Waals surface area contributed by atoms with Crippen molar-refractivity contribution in [2.75, 3.05) is 56.7 Å². The number of hydrogen-bond donors (Lipinski definition) is 1. The number of rotatable bonds is 7. The molecule has 4 aromatic rings. The third-order valence-corrected chi connectivity index (χ3v) is 7.90. The van der Waals surface area contributed by atoms with Crippen molar-refractivity contribution in [3.63, 3.8) is 0 Å². The minimum absolute atomic E-state index is 0.200. The van der Waals surface area contributed by atoms with Crippen LogP contribution in [0.5, 0.6) is 5.75 Å². The van der Waals surface area contributed by atoms with Gasteiger partial charge in [0, 0.05) is 61.7 Å². The summed E-state index contributed by atoms with van der Waals surface area (Å²) in [6.07, 6.45) is 6.72. The van der Waals surface area contributed by atoms with Gasteiger partial charge in [-0.2, -0.15) is 5.10 Å². The van der Waals surface area contributed by atoms with Crippen LogP contribution in [-0.4, -0.2) is 89.7 Å². The van der Waals surface area contributed by atoms with Crippen LogP contribution in [0.3, 0.4) is 0 Å². The maximum absolute atomic E-state index is 11.5. The van der Waals surface area contributed by atoms with E-state index >= 15 is 0 Å². The van der Waals surface area contributed by atoms with E-state index in [1.165, 1.54) is 23.5 Å². The number of ether oxygens (including phenoxy) is 1. The van der Waals surface area contributed by atoms with E-state index in [1.807, 2.05) is 18.5 Å². The molecule has 0 radical (unpaired) electrons. The third kappa shape index (κ3) is 4.53. The Hall–Kier alpha value is -3.18. The first-order chi connectivity index (χ1) is 17.2. The Morgan fingerprint density at radius 3 is 2.58 bits per heavy atom. The average molecular weight is 512 g/mol. The summed E-state index contributed by atoms with van der Waals surface area (Å²) >= 11 is 0. The van der Waals surface area contributed by atoms with E-state index in [2.05, 4.69) is 45.6 Å². The second-order valence-electron chi connectivity index (χ2n) is 9.85. The summed E-state index contributed by atoms with van der Waals surface area (Å²) in [4.78, 5) is 17.3. The van der Waals surface area contributed by atoms with Crippen LogP contribution in [0.15, 0.2) is 24.8 Å². The van der Waals surface area contributed by atoms with Crippen molar-refractivity contribution in [1.82, 2.24) is 29.5 Å². The summed E-state index contributed by atoms with van der Waals surface area (Å²) in [6.45, 7) is 10.4. The number of fused-ring (bicyclic) bond motifs is 2. The highest BCUT2D eigenvalue weighted by atomic mass is 32.2. The molecule has 0 bridgehead atoms. The summed E-state index contributed by atoms with van der Waals surface area (Å²) in [7, 11) is -1.31. The van der Waals surface area contributed by atoms with E-state index in [1.54, 1.807) is 11.6 Å². The van der Waals surface area contributed by atoms with Gasteiger partial charge >= 0.3 is 0 Å². The highest BCUT2D eigenvalue weighted by Crippen LogP contribution is 2.40. The predicted molar refractivity (Wildman–Crippen MR) is 142 cm³/mol. The molecule has 5 heterocycles. The van der Waals surface area contributed by atoms with Gasteiger partial charge in [-0.15, -0.1) is 0 Å². The van der Waals surface area contributed by atoms with Gasteiger partial charge in [-0.1, -0.05) is 13.8 Å². The molecule has 0 unspecified atom stereocenters. The standard InChI is InChI=1S/C25H33N7O3S/c1-16(2)21-22-17(3)24(31-8-6-30(7-9-31)10-11-36(5,33)34)26-13-19(22)29-23(21)18-12-20(35-4)25-27-15-28-32(25)14-18/h12-16,29H,6-11H2,1-5H3. The smallest absolute Gasteiger partial charge is 0.197 e. The minimum atomic E-state index is -2.96. The zero-order valence-corrected chi connectivity index (χ0v) is 22.3. The number of anilines is 1. The van der Waals surface area contributed by atoms with Crippen LogP contribution in [-0.2, 0) is 9.84 Å². The van der Waals surface area contributed by atoms with Gasteiger partial charge in [-0.05, 0) is 24.5 Å². The molecule has 0 spiro atoms. The fraction of sp³-hybridized carbons (Fsp3) is 0.480. The van der Waals surface area contributed by atoms with Crippen molar-refractivity contribution in [3.05, 3.63) is 35.9 Å². The largest absolute Gasteiger partial charge is 0.493 e. The third-order valence-electron chi connectivity index (χ3n) is 6.97. The normalized spacial score (nSPS) is 15.4. The molecule has 1 N–H and O–H groups in total. The Labute approximate surface area is 211 Å². The second-order valence-corrected chi connectivity index (χ2v) is 12.1. The van der Waals surface area contributed by atoms with Crippen molar-refractivity contribution in [3.8, 4) is 17.0 Å². The maximum Gasteiger partial charge on any atom is 0.197 e. The summed E-state index contributed by atoms with van der Waals surface area (Å²) in [6, 6.07) is 2.00. The number of H-pyrrole nitrogens is 1. The second kappa shape index (κ2) is 9.36. The quantitative estimate of drug-likeness (QED) is 0.404. The topological polar surface area (TPSA) is 109 Å². The molecule has 36 heavy (non-hydrogen) atoms. The molecule has 5 rings (SSSR count). The average Bonchev–Trinajstić information content (AvgIpc) is 3.47. The van der Waals surface area contributed by atoms with Crippen molar-refractivity contribution in [2.45, 2.75) is 26.7 Å². The van der Waals surface area contributed by atoms with E-state index in [0.29, 0.717) is 17.9 Å². The Bertz CT molecular complexity index is 1520. The SMILES string of the molecule is COc1cc(-c2[nH]c3cnc(N4CCN(CCS(C)(=O)=O)CC4)c(C)c3c2C(C)C)cn2ncnc12. The fourth-order valence-corrected chi connectivity index (χ4v) is 5.74. The zero-order valence-electron chi connectivity index (χ0n) is 21.4. The van der Waals surface area contributed by atoms with Gasteiger partial charge in [-0.25, -0.2) is 22.9 Å². The van der Waals surface area contributed by atoms with E-state index in [9.17, 15) is 8.42 Å². The van der Waals surface area contributed by atoms with Crippen LogP contribution in [0.1, 0.15) is 30.9 Å². The number of nitrogens with zero attached hydrogens (tertiary/aromatic N) is 6. The number of sulfone groups is 1. The van der Waals surface area contributed by atoms with Crippen LogP contribution in [0.4, 0.5) is 5.82 Å². The first kappa shape index (κ1) is 24.5. The maximum atomic E-state index is 11.5. The number of methoxy groups -OCH3 is 1. The Balaban J connectivity index is 1.51. The fourth-order valence-electron chi connectivity index (χ4n) is 5.15. The van der Waals surface area contributed by atoms with E-state index in [0.717, 1.165) is 54.3 Å². The van der Waals surface area contributed by atoms with Crippen molar-refractivity contribution >= 4 is 32.2 Å². The lowest BCUT2D eigenvalue weighted by Crippen LogP contribution is -2.48. The Morgan fingerprint density at radius 2 is 1.92 bits per heavy atom. The molecule has 0 saturated carbocycles. The number of piperazine rings is 1.